The van der Waals surface area contributed by atoms with E-state index in [-0.39, 0.29) is 22.8 Å². The average molecular weight is 197 g/mol. The van der Waals surface area contributed by atoms with Crippen molar-refractivity contribution in [2.75, 3.05) is 12.3 Å². The molecule has 0 saturated carbocycles. The number of halogens is 1. The number of carbonyl (C=O) groups excluding carboxylic acids is 1. The maximum atomic E-state index is 13.3. The molecule has 4 heteroatoms. The van der Waals surface area contributed by atoms with Gasteiger partial charge in [-0.25, -0.2) is 4.39 Å². The third kappa shape index (κ3) is 2.02. The number of ketones is 1. The molecule has 76 valence electrons. The molecule has 1 rings (SSSR count). The molecule has 2 N–H and O–H groups in total. The minimum atomic E-state index is -0.638. The zero-order chi connectivity index (χ0) is 10.7. The van der Waals surface area contributed by atoms with Gasteiger partial charge in [-0.1, -0.05) is 0 Å². The summed E-state index contributed by atoms with van der Waals surface area (Å²) in [4.78, 5) is 11.1. The first-order valence-corrected chi connectivity index (χ1v) is 4.29. The van der Waals surface area contributed by atoms with Gasteiger partial charge in [-0.05, 0) is 19.9 Å². The summed E-state index contributed by atoms with van der Waals surface area (Å²) in [6.07, 6.45) is 0. The molecule has 0 fully saturated rings. The number of hydrogen-bond acceptors (Lipinski definition) is 3. The van der Waals surface area contributed by atoms with Gasteiger partial charge in [0.2, 0.25) is 0 Å². The smallest absolute Gasteiger partial charge is 0.166 e. The Hall–Kier alpha value is -1.58. The third-order valence-electron chi connectivity index (χ3n) is 1.73. The number of anilines is 1. The molecule has 0 aromatic heterocycles. The van der Waals surface area contributed by atoms with E-state index in [9.17, 15) is 9.18 Å². The summed E-state index contributed by atoms with van der Waals surface area (Å²) < 4.78 is 18.4. The van der Waals surface area contributed by atoms with Crippen LogP contribution in [0.2, 0.25) is 0 Å². The molecule has 3 nitrogen and oxygen atoms in total. The van der Waals surface area contributed by atoms with Gasteiger partial charge in [-0.2, -0.15) is 0 Å². The van der Waals surface area contributed by atoms with Crippen molar-refractivity contribution in [2.24, 2.45) is 0 Å². The Bertz CT molecular complexity index is 363. The highest BCUT2D eigenvalue weighted by Gasteiger charge is 2.15. The van der Waals surface area contributed by atoms with Crippen LogP contribution >= 0.6 is 0 Å². The summed E-state index contributed by atoms with van der Waals surface area (Å²) in [6, 6.07) is 2.56. The summed E-state index contributed by atoms with van der Waals surface area (Å²) in [5.74, 6) is -0.801. The van der Waals surface area contributed by atoms with Crippen LogP contribution in [-0.2, 0) is 0 Å². The predicted octanol–water partition coefficient (Wildman–Crippen LogP) is 2.01. The summed E-state index contributed by atoms with van der Waals surface area (Å²) >= 11 is 0. The van der Waals surface area contributed by atoms with Gasteiger partial charge < -0.3 is 10.5 Å². The van der Waals surface area contributed by atoms with Gasteiger partial charge in [0.25, 0.3) is 0 Å². The lowest BCUT2D eigenvalue weighted by Gasteiger charge is -2.09. The minimum absolute atomic E-state index is 0.0407. The van der Waals surface area contributed by atoms with Crippen molar-refractivity contribution >= 4 is 11.5 Å². The second kappa shape index (κ2) is 4.09. The summed E-state index contributed by atoms with van der Waals surface area (Å²) in [5, 5.41) is 0. The van der Waals surface area contributed by atoms with Crippen molar-refractivity contribution < 1.29 is 13.9 Å². The van der Waals surface area contributed by atoms with E-state index in [0.29, 0.717) is 6.61 Å². The fourth-order valence-corrected chi connectivity index (χ4v) is 1.21. The van der Waals surface area contributed by atoms with Crippen LogP contribution in [0.25, 0.3) is 0 Å². The van der Waals surface area contributed by atoms with Crippen molar-refractivity contribution in [3.63, 3.8) is 0 Å². The monoisotopic (exact) mass is 197 g/mol. The molecule has 1 aromatic carbocycles. The third-order valence-corrected chi connectivity index (χ3v) is 1.73. The fourth-order valence-electron chi connectivity index (χ4n) is 1.21. The fraction of sp³-hybridized carbons (Fsp3) is 0.300. The molecule has 0 unspecified atom stereocenters. The van der Waals surface area contributed by atoms with Gasteiger partial charge in [0.1, 0.15) is 11.6 Å². The largest absolute Gasteiger partial charge is 0.493 e. The Morgan fingerprint density at radius 2 is 2.21 bits per heavy atom. The van der Waals surface area contributed by atoms with Crippen LogP contribution in [0.3, 0.4) is 0 Å². The number of nitrogen functional groups attached to an aromatic ring is 1. The predicted molar refractivity (Wildman–Crippen MR) is 52.0 cm³/mol. The van der Waals surface area contributed by atoms with Crippen LogP contribution in [0.4, 0.5) is 10.1 Å². The highest BCUT2D eigenvalue weighted by molar-refractivity contribution is 5.97. The van der Waals surface area contributed by atoms with E-state index in [2.05, 4.69) is 0 Å². The Morgan fingerprint density at radius 3 is 2.71 bits per heavy atom. The van der Waals surface area contributed by atoms with Crippen molar-refractivity contribution in [3.05, 3.63) is 23.5 Å². The summed E-state index contributed by atoms with van der Waals surface area (Å²) in [7, 11) is 0. The molecule has 0 spiro atoms. The van der Waals surface area contributed by atoms with Crippen LogP contribution in [0.15, 0.2) is 12.1 Å². The number of rotatable bonds is 3. The quantitative estimate of drug-likeness (QED) is 0.595. The van der Waals surface area contributed by atoms with Crippen LogP contribution < -0.4 is 10.5 Å². The zero-order valence-corrected chi connectivity index (χ0v) is 8.13. The molecule has 0 saturated heterocycles. The topological polar surface area (TPSA) is 52.3 Å². The van der Waals surface area contributed by atoms with E-state index in [1.165, 1.54) is 13.0 Å². The van der Waals surface area contributed by atoms with Crippen molar-refractivity contribution in [2.45, 2.75) is 13.8 Å². The Labute approximate surface area is 81.7 Å². The number of Topliss-reactive ketones (excluding diaryl/α,β-unsaturated/α-hetero) is 1. The van der Waals surface area contributed by atoms with E-state index >= 15 is 0 Å². The van der Waals surface area contributed by atoms with Gasteiger partial charge in [-0.3, -0.25) is 4.79 Å². The molecule has 0 radical (unpaired) electrons. The molecule has 0 heterocycles. The summed E-state index contributed by atoms with van der Waals surface area (Å²) in [6.45, 7) is 3.41. The highest BCUT2D eigenvalue weighted by atomic mass is 19.1. The molecule has 0 bridgehead atoms. The normalized spacial score (nSPS) is 9.93. The second-order valence-electron chi connectivity index (χ2n) is 2.87. The molecular formula is C10H12FNO2. The van der Waals surface area contributed by atoms with Crippen LogP contribution in [0.1, 0.15) is 24.2 Å². The van der Waals surface area contributed by atoms with E-state index in [1.54, 1.807) is 6.92 Å². The number of hydrogen-bond donors (Lipinski definition) is 1. The first-order valence-electron chi connectivity index (χ1n) is 4.29. The lowest BCUT2D eigenvalue weighted by atomic mass is 10.1. The van der Waals surface area contributed by atoms with Crippen LogP contribution in [0.5, 0.6) is 5.75 Å². The SMILES string of the molecule is CCOc1cc(N)cc(F)c1C(C)=O. The maximum Gasteiger partial charge on any atom is 0.166 e. The van der Waals surface area contributed by atoms with Gasteiger partial charge >= 0.3 is 0 Å². The van der Waals surface area contributed by atoms with Crippen LogP contribution in [-0.4, -0.2) is 12.4 Å². The van der Waals surface area contributed by atoms with E-state index in [0.717, 1.165) is 6.07 Å². The first-order chi connectivity index (χ1) is 6.56. The van der Waals surface area contributed by atoms with E-state index in [4.69, 9.17) is 10.5 Å². The number of nitrogens with two attached hydrogens (primary N) is 1. The van der Waals surface area contributed by atoms with Gasteiger partial charge in [-0.15, -0.1) is 0 Å². The van der Waals surface area contributed by atoms with E-state index < -0.39 is 5.82 Å². The Morgan fingerprint density at radius 1 is 1.57 bits per heavy atom. The molecule has 14 heavy (non-hydrogen) atoms. The molecule has 0 amide bonds. The molecule has 1 aromatic rings. The number of ether oxygens (including phenoxy) is 1. The van der Waals surface area contributed by atoms with Crippen molar-refractivity contribution in [1.82, 2.24) is 0 Å². The van der Waals surface area contributed by atoms with Crippen molar-refractivity contribution in [3.8, 4) is 5.75 Å². The number of benzene rings is 1. The van der Waals surface area contributed by atoms with Gasteiger partial charge in [0.15, 0.2) is 5.78 Å². The van der Waals surface area contributed by atoms with Gasteiger partial charge in [0.05, 0.1) is 12.2 Å². The lowest BCUT2D eigenvalue weighted by Crippen LogP contribution is -2.05. The van der Waals surface area contributed by atoms with Crippen LogP contribution in [0, 0.1) is 5.82 Å². The van der Waals surface area contributed by atoms with Gasteiger partial charge in [0, 0.05) is 11.8 Å². The standard InChI is InChI=1S/C10H12FNO2/c1-3-14-9-5-7(12)4-8(11)10(9)6(2)13/h4-5H,3,12H2,1-2H3. The Balaban J connectivity index is 3.28. The van der Waals surface area contributed by atoms with E-state index in [1.807, 2.05) is 0 Å². The number of carbonyl (C=O) groups is 1. The second-order valence-corrected chi connectivity index (χ2v) is 2.87. The maximum absolute atomic E-state index is 13.3. The Kier molecular flexibility index (Phi) is 3.06. The molecule has 0 atom stereocenters. The molecular weight excluding hydrogens is 185 g/mol. The molecule has 0 aliphatic rings. The van der Waals surface area contributed by atoms with Crippen molar-refractivity contribution in [1.29, 1.82) is 0 Å². The summed E-state index contributed by atoms with van der Waals surface area (Å²) in [5.41, 5.74) is 5.63. The average Bonchev–Trinajstić information content (AvgIpc) is 2.01. The molecule has 0 aliphatic heterocycles. The molecule has 0 aliphatic carbocycles. The lowest BCUT2D eigenvalue weighted by molar-refractivity contribution is 0.101. The zero-order valence-electron chi connectivity index (χ0n) is 8.13. The minimum Gasteiger partial charge on any atom is -0.493 e. The highest BCUT2D eigenvalue weighted by Crippen LogP contribution is 2.25. The first kappa shape index (κ1) is 10.5.